The van der Waals surface area contributed by atoms with Gasteiger partial charge in [-0.15, -0.1) is 0 Å². The Morgan fingerprint density at radius 2 is 1.68 bits per heavy atom. The second-order valence-corrected chi connectivity index (χ2v) is 7.61. The molecule has 0 fully saturated rings. The zero-order valence-electron chi connectivity index (χ0n) is 19.3. The smallest absolute Gasteiger partial charge is 0.417 e. The predicted molar refractivity (Wildman–Crippen MR) is 121 cm³/mol. The first-order valence-electron chi connectivity index (χ1n) is 10.8. The van der Waals surface area contributed by atoms with Crippen molar-refractivity contribution < 1.29 is 31.8 Å². The SMILES string of the molecule is COc1ncc(Cn2cc(F)c(OCCc3ccc(Oc4ccc(C(F)(F)F)cn4)cc3)nc2=O)cn1. The number of pyridine rings is 1. The molecule has 0 bridgehead atoms. The molecule has 0 saturated carbocycles. The molecule has 0 saturated heterocycles. The molecule has 3 heterocycles. The van der Waals surface area contributed by atoms with Gasteiger partial charge in [0.15, 0.2) is 0 Å². The number of hydrogen-bond donors (Lipinski definition) is 0. The largest absolute Gasteiger partial charge is 0.475 e. The molecule has 0 unspecified atom stereocenters. The number of alkyl halides is 3. The maximum atomic E-state index is 14.4. The molecule has 4 aromatic rings. The van der Waals surface area contributed by atoms with Gasteiger partial charge in [-0.25, -0.2) is 19.7 Å². The standard InChI is InChI=1S/C24H19F4N5O4/c1-35-22-30-10-16(11-31-22)13-33-14-19(25)21(32-23(33)34)36-9-8-15-2-5-18(6-3-15)37-20-7-4-17(12-29-20)24(26,27)28/h2-7,10-12,14H,8-9,13H2,1H3. The Hall–Kier alpha value is -4.55. The summed E-state index contributed by atoms with van der Waals surface area (Å²) >= 11 is 0. The zero-order valence-corrected chi connectivity index (χ0v) is 19.3. The van der Waals surface area contributed by atoms with Crippen LogP contribution in [0.15, 0.2) is 66.0 Å². The van der Waals surface area contributed by atoms with E-state index in [9.17, 15) is 22.4 Å². The van der Waals surface area contributed by atoms with Gasteiger partial charge in [-0.1, -0.05) is 12.1 Å². The average molecular weight is 517 g/mol. The van der Waals surface area contributed by atoms with Gasteiger partial charge >= 0.3 is 17.9 Å². The number of hydrogen-bond acceptors (Lipinski definition) is 8. The first-order valence-corrected chi connectivity index (χ1v) is 10.8. The Labute approximate surface area is 207 Å². The minimum atomic E-state index is -4.48. The van der Waals surface area contributed by atoms with Gasteiger partial charge in [0.1, 0.15) is 5.75 Å². The van der Waals surface area contributed by atoms with Gasteiger partial charge in [-0.05, 0) is 23.8 Å². The summed E-state index contributed by atoms with van der Waals surface area (Å²) in [5, 5.41) is 0. The van der Waals surface area contributed by atoms with E-state index < -0.39 is 29.1 Å². The molecule has 37 heavy (non-hydrogen) atoms. The van der Waals surface area contributed by atoms with E-state index in [0.717, 1.165) is 28.5 Å². The molecule has 0 aliphatic heterocycles. The van der Waals surface area contributed by atoms with Crippen LogP contribution >= 0.6 is 0 Å². The summed E-state index contributed by atoms with van der Waals surface area (Å²) < 4.78 is 69.0. The third-order valence-electron chi connectivity index (χ3n) is 4.97. The van der Waals surface area contributed by atoms with E-state index >= 15 is 0 Å². The number of nitrogens with zero attached hydrogens (tertiary/aromatic N) is 5. The van der Waals surface area contributed by atoms with Crippen LogP contribution in [0.1, 0.15) is 16.7 Å². The number of ether oxygens (including phenoxy) is 3. The van der Waals surface area contributed by atoms with Crippen LogP contribution in [0.4, 0.5) is 17.6 Å². The van der Waals surface area contributed by atoms with Crippen molar-refractivity contribution in [3.63, 3.8) is 0 Å². The number of methoxy groups -OCH3 is 1. The number of halogens is 4. The highest BCUT2D eigenvalue weighted by Gasteiger charge is 2.30. The van der Waals surface area contributed by atoms with E-state index in [1.54, 1.807) is 24.3 Å². The van der Waals surface area contributed by atoms with Gasteiger partial charge in [0.05, 0.1) is 32.0 Å². The molecule has 192 valence electrons. The van der Waals surface area contributed by atoms with Crippen LogP contribution in [-0.2, 0) is 19.1 Å². The van der Waals surface area contributed by atoms with E-state index in [1.165, 1.54) is 19.5 Å². The fraction of sp³-hybridized carbons (Fsp3) is 0.208. The minimum Gasteiger partial charge on any atom is -0.475 e. The normalized spacial score (nSPS) is 11.3. The summed E-state index contributed by atoms with van der Waals surface area (Å²) in [6.45, 7) is 0.0593. The third-order valence-corrected chi connectivity index (χ3v) is 4.97. The van der Waals surface area contributed by atoms with Crippen molar-refractivity contribution in [3.05, 3.63) is 94.2 Å². The van der Waals surface area contributed by atoms with E-state index in [4.69, 9.17) is 14.2 Å². The lowest BCUT2D eigenvalue weighted by Gasteiger charge is -2.10. The third kappa shape index (κ3) is 6.78. The molecule has 0 atom stereocenters. The summed E-state index contributed by atoms with van der Waals surface area (Å²) in [5.74, 6) is -0.835. The fourth-order valence-corrected chi connectivity index (χ4v) is 3.11. The summed E-state index contributed by atoms with van der Waals surface area (Å²) in [6, 6.07) is 8.82. The van der Waals surface area contributed by atoms with Crippen molar-refractivity contribution in [2.24, 2.45) is 0 Å². The first-order chi connectivity index (χ1) is 17.7. The van der Waals surface area contributed by atoms with E-state index in [1.807, 2.05) is 0 Å². The average Bonchev–Trinajstić information content (AvgIpc) is 2.88. The van der Waals surface area contributed by atoms with Gasteiger partial charge < -0.3 is 14.2 Å². The van der Waals surface area contributed by atoms with Crippen LogP contribution in [-0.4, -0.2) is 38.2 Å². The molecule has 0 radical (unpaired) electrons. The highest BCUT2D eigenvalue weighted by molar-refractivity contribution is 5.31. The molecule has 0 aliphatic rings. The quantitative estimate of drug-likeness (QED) is 0.307. The molecule has 9 nitrogen and oxygen atoms in total. The lowest BCUT2D eigenvalue weighted by Crippen LogP contribution is -2.25. The number of benzene rings is 1. The van der Waals surface area contributed by atoms with Crippen LogP contribution in [0.2, 0.25) is 0 Å². The van der Waals surface area contributed by atoms with E-state index in [-0.39, 0.29) is 25.0 Å². The topological polar surface area (TPSA) is 101 Å². The molecule has 0 aliphatic carbocycles. The highest BCUT2D eigenvalue weighted by Crippen LogP contribution is 2.30. The highest BCUT2D eigenvalue weighted by atomic mass is 19.4. The minimum absolute atomic E-state index is 0.0138. The first kappa shape index (κ1) is 25.5. The van der Waals surface area contributed by atoms with Crippen molar-refractivity contribution in [1.29, 1.82) is 0 Å². The van der Waals surface area contributed by atoms with Crippen LogP contribution in [0.3, 0.4) is 0 Å². The number of rotatable bonds is 9. The second-order valence-electron chi connectivity index (χ2n) is 7.61. The molecule has 4 rings (SSSR count). The predicted octanol–water partition coefficient (Wildman–Crippen LogP) is 4.06. The summed E-state index contributed by atoms with van der Waals surface area (Å²) in [7, 11) is 1.42. The summed E-state index contributed by atoms with van der Waals surface area (Å²) in [6.07, 6.45) is 0.493. The lowest BCUT2D eigenvalue weighted by atomic mass is 10.1. The Morgan fingerprint density at radius 3 is 2.30 bits per heavy atom. The van der Waals surface area contributed by atoms with Crippen molar-refractivity contribution in [1.82, 2.24) is 24.5 Å². The van der Waals surface area contributed by atoms with Gasteiger partial charge in [0, 0.05) is 36.6 Å². The van der Waals surface area contributed by atoms with Crippen molar-refractivity contribution in [2.45, 2.75) is 19.1 Å². The van der Waals surface area contributed by atoms with Crippen LogP contribution < -0.4 is 19.9 Å². The lowest BCUT2D eigenvalue weighted by molar-refractivity contribution is -0.137. The van der Waals surface area contributed by atoms with Gasteiger partial charge in [0.2, 0.25) is 11.7 Å². The molecular formula is C24H19F4N5O4. The van der Waals surface area contributed by atoms with Crippen molar-refractivity contribution in [2.75, 3.05) is 13.7 Å². The van der Waals surface area contributed by atoms with Crippen LogP contribution in [0.5, 0.6) is 23.5 Å². The summed E-state index contributed by atoms with van der Waals surface area (Å²) in [5.41, 5.74) is -0.212. The molecular weight excluding hydrogens is 498 g/mol. The van der Waals surface area contributed by atoms with Gasteiger partial charge in [0.25, 0.3) is 5.88 Å². The maximum Gasteiger partial charge on any atom is 0.417 e. The Balaban J connectivity index is 1.30. The maximum absolute atomic E-state index is 14.4. The fourth-order valence-electron chi connectivity index (χ4n) is 3.11. The Bertz CT molecular complexity index is 1390. The zero-order chi connectivity index (χ0) is 26.4. The molecule has 0 amide bonds. The van der Waals surface area contributed by atoms with Crippen LogP contribution in [0.25, 0.3) is 0 Å². The molecule has 3 aromatic heterocycles. The van der Waals surface area contributed by atoms with Gasteiger partial charge in [-0.2, -0.15) is 22.5 Å². The van der Waals surface area contributed by atoms with E-state index in [0.29, 0.717) is 23.9 Å². The second kappa shape index (κ2) is 11.0. The molecule has 13 heteroatoms. The van der Waals surface area contributed by atoms with E-state index in [2.05, 4.69) is 19.9 Å². The summed E-state index contributed by atoms with van der Waals surface area (Å²) in [4.78, 5) is 27.5. The Kier molecular flexibility index (Phi) is 7.60. The molecule has 0 N–H and O–H groups in total. The van der Waals surface area contributed by atoms with Crippen LogP contribution in [0, 0.1) is 5.82 Å². The Morgan fingerprint density at radius 1 is 0.946 bits per heavy atom. The van der Waals surface area contributed by atoms with Gasteiger partial charge in [-0.3, -0.25) is 4.57 Å². The molecule has 1 aromatic carbocycles. The number of aromatic nitrogens is 5. The molecule has 0 spiro atoms. The van der Waals surface area contributed by atoms with Crippen molar-refractivity contribution >= 4 is 0 Å². The van der Waals surface area contributed by atoms with Crippen molar-refractivity contribution in [3.8, 4) is 23.5 Å². The monoisotopic (exact) mass is 517 g/mol.